The molecule has 8 nitrogen and oxygen atoms in total. The van der Waals surface area contributed by atoms with Crippen LogP contribution in [0.25, 0.3) is 22.3 Å². The number of rotatable bonds is 7. The molecule has 0 amide bonds. The van der Waals surface area contributed by atoms with Crippen molar-refractivity contribution in [1.82, 2.24) is 4.98 Å². The topological polar surface area (TPSA) is 99.7 Å². The van der Waals surface area contributed by atoms with Gasteiger partial charge in [0.15, 0.2) is 6.79 Å². The van der Waals surface area contributed by atoms with Gasteiger partial charge in [-0.3, -0.25) is 0 Å². The molecule has 3 rings (SSSR count). The molecule has 0 aliphatic heterocycles. The van der Waals surface area contributed by atoms with Crippen LogP contribution in [0.3, 0.4) is 0 Å². The maximum absolute atomic E-state index is 11.3. The predicted molar refractivity (Wildman–Crippen MR) is 92.8 cm³/mol. The highest BCUT2D eigenvalue weighted by Crippen LogP contribution is 2.34. The Morgan fingerprint density at radius 3 is 2.84 bits per heavy atom. The lowest BCUT2D eigenvalue weighted by molar-refractivity contribution is -0.388. The van der Waals surface area contributed by atoms with Crippen molar-refractivity contribution in [3.63, 3.8) is 0 Å². The van der Waals surface area contributed by atoms with Crippen LogP contribution in [0.4, 0.5) is 11.6 Å². The Morgan fingerprint density at radius 1 is 1.28 bits per heavy atom. The minimum atomic E-state index is -0.528. The lowest BCUT2D eigenvalue weighted by Gasteiger charge is -2.04. The van der Waals surface area contributed by atoms with E-state index < -0.39 is 4.92 Å². The van der Waals surface area contributed by atoms with E-state index in [2.05, 4.69) is 10.3 Å². The first kappa shape index (κ1) is 16.7. The van der Waals surface area contributed by atoms with Gasteiger partial charge in [0.1, 0.15) is 22.7 Å². The van der Waals surface area contributed by atoms with Gasteiger partial charge in [-0.15, -0.1) is 0 Å². The average molecular weight is 343 g/mol. The molecule has 0 spiro atoms. The molecule has 25 heavy (non-hydrogen) atoms. The van der Waals surface area contributed by atoms with Crippen LogP contribution < -0.4 is 10.1 Å². The summed E-state index contributed by atoms with van der Waals surface area (Å²) in [5, 5.41) is 14.9. The second-order valence-electron chi connectivity index (χ2n) is 5.14. The molecule has 0 saturated carbocycles. The van der Waals surface area contributed by atoms with Crippen LogP contribution >= 0.6 is 0 Å². The molecule has 0 atom stereocenters. The number of ether oxygens (including phenoxy) is 2. The first-order valence-electron chi connectivity index (χ1n) is 7.70. The van der Waals surface area contributed by atoms with Crippen LogP contribution in [-0.2, 0) is 4.74 Å². The monoisotopic (exact) mass is 343 g/mol. The van der Waals surface area contributed by atoms with E-state index in [1.54, 1.807) is 43.4 Å². The van der Waals surface area contributed by atoms with Gasteiger partial charge in [0.05, 0.1) is 0 Å². The number of nitro groups is 1. The lowest BCUT2D eigenvalue weighted by atomic mass is 10.1. The standard InChI is InChI=1S/C17H17N3O5/c1-3-23-10-24-12-4-6-14-11(8-12)9-15(25-14)13-5-7-16(18-2)19-17(13)20(21)22/h4-9H,3,10H2,1-2H3,(H,18,19). The Labute approximate surface area is 143 Å². The van der Waals surface area contributed by atoms with E-state index >= 15 is 0 Å². The molecule has 0 bridgehead atoms. The van der Waals surface area contributed by atoms with Gasteiger partial charge in [0, 0.05) is 25.1 Å². The maximum Gasteiger partial charge on any atom is 0.376 e. The molecule has 0 radical (unpaired) electrons. The molecule has 0 unspecified atom stereocenters. The van der Waals surface area contributed by atoms with Crippen LogP contribution in [0.2, 0.25) is 0 Å². The summed E-state index contributed by atoms with van der Waals surface area (Å²) in [4.78, 5) is 14.8. The van der Waals surface area contributed by atoms with E-state index in [9.17, 15) is 10.1 Å². The average Bonchev–Trinajstić information content (AvgIpc) is 3.04. The first-order chi connectivity index (χ1) is 12.1. The third-order valence-corrected chi connectivity index (χ3v) is 3.57. The molecule has 3 aromatic rings. The van der Waals surface area contributed by atoms with Crippen molar-refractivity contribution in [2.24, 2.45) is 0 Å². The highest BCUT2D eigenvalue weighted by Gasteiger charge is 2.21. The second kappa shape index (κ2) is 7.18. The molecular formula is C17H17N3O5. The summed E-state index contributed by atoms with van der Waals surface area (Å²) in [5.74, 6) is 1.15. The third-order valence-electron chi connectivity index (χ3n) is 3.57. The zero-order valence-electron chi connectivity index (χ0n) is 13.8. The molecular weight excluding hydrogens is 326 g/mol. The van der Waals surface area contributed by atoms with Crippen LogP contribution in [0.15, 0.2) is 40.8 Å². The van der Waals surface area contributed by atoms with E-state index in [4.69, 9.17) is 13.9 Å². The van der Waals surface area contributed by atoms with Crippen molar-refractivity contribution >= 4 is 22.6 Å². The fourth-order valence-electron chi connectivity index (χ4n) is 2.36. The minimum absolute atomic E-state index is 0.160. The van der Waals surface area contributed by atoms with Gasteiger partial charge < -0.3 is 29.3 Å². The first-order valence-corrected chi connectivity index (χ1v) is 7.70. The van der Waals surface area contributed by atoms with Gasteiger partial charge in [-0.25, -0.2) is 0 Å². The van der Waals surface area contributed by atoms with Gasteiger partial charge in [0.25, 0.3) is 0 Å². The van der Waals surface area contributed by atoms with E-state index in [0.29, 0.717) is 35.1 Å². The molecule has 1 N–H and O–H groups in total. The van der Waals surface area contributed by atoms with Gasteiger partial charge >= 0.3 is 5.82 Å². The summed E-state index contributed by atoms with van der Waals surface area (Å²) in [6.45, 7) is 2.61. The van der Waals surface area contributed by atoms with Crippen molar-refractivity contribution in [2.45, 2.75) is 6.92 Å². The van der Waals surface area contributed by atoms with Crippen molar-refractivity contribution < 1.29 is 18.8 Å². The second-order valence-corrected chi connectivity index (χ2v) is 5.14. The van der Waals surface area contributed by atoms with E-state index in [1.807, 2.05) is 6.92 Å². The normalized spacial score (nSPS) is 10.8. The van der Waals surface area contributed by atoms with Crippen LogP contribution in [-0.4, -0.2) is 30.4 Å². The van der Waals surface area contributed by atoms with Gasteiger partial charge in [-0.2, -0.15) is 0 Å². The molecule has 0 aliphatic carbocycles. The van der Waals surface area contributed by atoms with E-state index in [0.717, 1.165) is 5.39 Å². The van der Waals surface area contributed by atoms with Crippen molar-refractivity contribution in [3.8, 4) is 17.1 Å². The van der Waals surface area contributed by atoms with Crippen molar-refractivity contribution in [3.05, 3.63) is 46.5 Å². The molecule has 130 valence electrons. The van der Waals surface area contributed by atoms with E-state index in [-0.39, 0.29) is 12.6 Å². The van der Waals surface area contributed by atoms with Crippen molar-refractivity contribution in [1.29, 1.82) is 0 Å². The summed E-state index contributed by atoms with van der Waals surface area (Å²) in [6, 6.07) is 10.3. The summed E-state index contributed by atoms with van der Waals surface area (Å²) in [6.07, 6.45) is 0. The SMILES string of the molecule is CCOCOc1ccc2oc(-c3ccc(NC)nc3[N+](=O)[O-])cc2c1. The smallest absolute Gasteiger partial charge is 0.376 e. The Morgan fingerprint density at radius 2 is 2.12 bits per heavy atom. The van der Waals surface area contributed by atoms with Crippen LogP contribution in [0.5, 0.6) is 5.75 Å². The molecule has 0 aliphatic rings. The maximum atomic E-state index is 11.3. The Hall–Kier alpha value is -3.13. The number of nitrogens with one attached hydrogen (secondary N) is 1. The van der Waals surface area contributed by atoms with E-state index in [1.165, 1.54) is 0 Å². The van der Waals surface area contributed by atoms with Gasteiger partial charge in [-0.05, 0) is 47.2 Å². The Balaban J connectivity index is 1.98. The largest absolute Gasteiger partial charge is 0.468 e. The Bertz CT molecular complexity index is 906. The number of benzene rings is 1. The minimum Gasteiger partial charge on any atom is -0.468 e. The zero-order chi connectivity index (χ0) is 17.8. The number of hydrogen-bond donors (Lipinski definition) is 1. The lowest BCUT2D eigenvalue weighted by Crippen LogP contribution is -2.01. The number of furan rings is 1. The quantitative estimate of drug-likeness (QED) is 0.301. The molecule has 8 heteroatoms. The molecule has 2 heterocycles. The number of fused-ring (bicyclic) bond motifs is 1. The summed E-state index contributed by atoms with van der Waals surface area (Å²) in [5.41, 5.74) is 0.919. The molecule has 1 aromatic carbocycles. The zero-order valence-corrected chi connectivity index (χ0v) is 13.8. The fraction of sp³-hybridized carbons (Fsp3) is 0.235. The molecule has 0 saturated heterocycles. The highest BCUT2D eigenvalue weighted by atomic mass is 16.7. The summed E-state index contributed by atoms with van der Waals surface area (Å²) < 4.78 is 16.4. The molecule has 2 aromatic heterocycles. The van der Waals surface area contributed by atoms with Gasteiger partial charge in [0.2, 0.25) is 5.82 Å². The summed E-state index contributed by atoms with van der Waals surface area (Å²) in [7, 11) is 1.65. The third kappa shape index (κ3) is 3.53. The number of hydrogen-bond acceptors (Lipinski definition) is 7. The number of nitrogens with zero attached hydrogens (tertiary/aromatic N) is 2. The van der Waals surface area contributed by atoms with Crippen molar-refractivity contribution in [2.75, 3.05) is 25.8 Å². The number of anilines is 1. The molecule has 0 fully saturated rings. The van der Waals surface area contributed by atoms with Crippen LogP contribution in [0.1, 0.15) is 6.92 Å². The Kier molecular flexibility index (Phi) is 4.80. The summed E-state index contributed by atoms with van der Waals surface area (Å²) >= 11 is 0. The van der Waals surface area contributed by atoms with Gasteiger partial charge in [-0.1, -0.05) is 0 Å². The highest BCUT2D eigenvalue weighted by molar-refractivity contribution is 5.85. The number of aromatic nitrogens is 1. The number of pyridine rings is 1. The predicted octanol–water partition coefficient (Wildman–Crippen LogP) is 3.82. The fourth-order valence-corrected chi connectivity index (χ4v) is 2.36. The van der Waals surface area contributed by atoms with Crippen LogP contribution in [0, 0.1) is 10.1 Å².